The van der Waals surface area contributed by atoms with Gasteiger partial charge in [0.25, 0.3) is 0 Å². The maximum absolute atomic E-state index is 5.19. The van der Waals surface area contributed by atoms with Crippen molar-refractivity contribution >= 4 is 21.8 Å². The second-order valence-electron chi connectivity index (χ2n) is 9.61. The SMILES string of the molecule is Cc1cc(-c2cc(-c3ccccc3)nc(-c3ccccc3)n2)nc2c1ccc1ccc(-c3ccccc3)nc12. The van der Waals surface area contributed by atoms with Crippen LogP contribution >= 0.6 is 0 Å². The van der Waals surface area contributed by atoms with E-state index in [9.17, 15) is 0 Å². The van der Waals surface area contributed by atoms with E-state index in [4.69, 9.17) is 19.9 Å². The number of nitrogens with zero attached hydrogens (tertiary/aromatic N) is 4. The van der Waals surface area contributed by atoms with Crippen molar-refractivity contribution in [3.05, 3.63) is 133 Å². The highest BCUT2D eigenvalue weighted by atomic mass is 14.9. The molecule has 0 saturated heterocycles. The lowest BCUT2D eigenvalue weighted by molar-refractivity contribution is 1.17. The highest BCUT2D eigenvalue weighted by Crippen LogP contribution is 2.32. The average molecular weight is 501 g/mol. The lowest BCUT2D eigenvalue weighted by atomic mass is 10.0. The van der Waals surface area contributed by atoms with Gasteiger partial charge in [0, 0.05) is 27.5 Å². The third-order valence-electron chi connectivity index (χ3n) is 7.01. The topological polar surface area (TPSA) is 51.6 Å². The molecule has 0 aliphatic carbocycles. The molecule has 39 heavy (non-hydrogen) atoms. The van der Waals surface area contributed by atoms with Crippen LogP contribution in [0.1, 0.15) is 5.56 Å². The molecule has 0 N–H and O–H groups in total. The Morgan fingerprint density at radius 2 is 0.949 bits per heavy atom. The number of hydrogen-bond donors (Lipinski definition) is 0. The summed E-state index contributed by atoms with van der Waals surface area (Å²) in [5, 5.41) is 2.15. The van der Waals surface area contributed by atoms with Gasteiger partial charge in [0.15, 0.2) is 5.82 Å². The maximum Gasteiger partial charge on any atom is 0.160 e. The Hall–Kier alpha value is -5.22. The molecule has 0 saturated carbocycles. The van der Waals surface area contributed by atoms with E-state index in [0.717, 1.165) is 66.8 Å². The summed E-state index contributed by atoms with van der Waals surface area (Å²) >= 11 is 0. The number of fused-ring (bicyclic) bond motifs is 3. The van der Waals surface area contributed by atoms with E-state index in [1.54, 1.807) is 0 Å². The molecular weight excluding hydrogens is 476 g/mol. The summed E-state index contributed by atoms with van der Waals surface area (Å²) in [7, 11) is 0. The highest BCUT2D eigenvalue weighted by Gasteiger charge is 2.15. The van der Waals surface area contributed by atoms with Gasteiger partial charge in [-0.15, -0.1) is 0 Å². The summed E-state index contributed by atoms with van der Waals surface area (Å²) in [6.45, 7) is 2.12. The number of rotatable bonds is 4. The van der Waals surface area contributed by atoms with Crippen LogP contribution in [-0.4, -0.2) is 19.9 Å². The predicted octanol–water partition coefficient (Wildman–Crippen LogP) is 8.55. The Kier molecular flexibility index (Phi) is 5.64. The van der Waals surface area contributed by atoms with Gasteiger partial charge in [0.05, 0.1) is 33.8 Å². The zero-order chi connectivity index (χ0) is 26.2. The Morgan fingerprint density at radius 1 is 0.410 bits per heavy atom. The van der Waals surface area contributed by atoms with Crippen molar-refractivity contribution in [2.24, 2.45) is 0 Å². The molecule has 4 nitrogen and oxygen atoms in total. The van der Waals surface area contributed by atoms with Gasteiger partial charge in [-0.05, 0) is 30.7 Å². The fourth-order valence-corrected chi connectivity index (χ4v) is 4.99. The van der Waals surface area contributed by atoms with E-state index in [0.29, 0.717) is 5.82 Å². The van der Waals surface area contributed by atoms with Gasteiger partial charge in [-0.25, -0.2) is 19.9 Å². The molecule has 0 spiro atoms. The van der Waals surface area contributed by atoms with Crippen LogP contribution in [0.2, 0.25) is 0 Å². The molecule has 0 aliphatic heterocycles. The van der Waals surface area contributed by atoms with Crippen LogP contribution in [-0.2, 0) is 0 Å². The lowest BCUT2D eigenvalue weighted by Crippen LogP contribution is -1.98. The standard InChI is InChI=1S/C35H24N4/c1-23-21-31(32-22-30(25-13-7-3-8-14-25)38-35(39-32)27-15-9-4-10-16-27)37-34-28(23)19-17-26-18-20-29(36-33(26)34)24-11-5-2-6-12-24/h2-22H,1H3. The molecule has 184 valence electrons. The Labute approximate surface area is 226 Å². The van der Waals surface area contributed by atoms with Crippen molar-refractivity contribution in [1.29, 1.82) is 0 Å². The molecule has 0 amide bonds. The Bertz CT molecular complexity index is 1890. The number of aromatic nitrogens is 4. The highest BCUT2D eigenvalue weighted by molar-refractivity contribution is 6.05. The van der Waals surface area contributed by atoms with E-state index in [1.165, 1.54) is 0 Å². The third kappa shape index (κ3) is 4.32. The van der Waals surface area contributed by atoms with Crippen LogP contribution in [0.4, 0.5) is 0 Å². The summed E-state index contributed by atoms with van der Waals surface area (Å²) in [5.74, 6) is 0.675. The van der Waals surface area contributed by atoms with E-state index in [-0.39, 0.29) is 0 Å². The largest absolute Gasteiger partial charge is 0.245 e. The smallest absolute Gasteiger partial charge is 0.160 e. The van der Waals surface area contributed by atoms with Crippen LogP contribution in [0.3, 0.4) is 0 Å². The Balaban J connectivity index is 1.46. The van der Waals surface area contributed by atoms with Gasteiger partial charge in [-0.1, -0.05) is 109 Å². The average Bonchev–Trinajstić information content (AvgIpc) is 3.01. The van der Waals surface area contributed by atoms with E-state index in [1.807, 2.05) is 72.8 Å². The lowest BCUT2D eigenvalue weighted by Gasteiger charge is -2.12. The molecule has 3 heterocycles. The third-order valence-corrected chi connectivity index (χ3v) is 7.01. The first kappa shape index (κ1) is 22.9. The zero-order valence-corrected chi connectivity index (χ0v) is 21.4. The van der Waals surface area contributed by atoms with Crippen molar-refractivity contribution in [2.45, 2.75) is 6.92 Å². The fraction of sp³-hybridized carbons (Fsp3) is 0.0286. The summed E-state index contributed by atoms with van der Waals surface area (Å²) in [6.07, 6.45) is 0. The van der Waals surface area contributed by atoms with Crippen molar-refractivity contribution in [1.82, 2.24) is 19.9 Å². The number of pyridine rings is 2. The molecular formula is C35H24N4. The summed E-state index contributed by atoms with van der Waals surface area (Å²) in [6, 6.07) is 43.2. The van der Waals surface area contributed by atoms with Gasteiger partial charge in [0.2, 0.25) is 0 Å². The van der Waals surface area contributed by atoms with E-state index in [2.05, 4.69) is 61.5 Å². The molecule has 0 fully saturated rings. The van der Waals surface area contributed by atoms with Gasteiger partial charge in [0.1, 0.15) is 0 Å². The number of benzene rings is 4. The van der Waals surface area contributed by atoms with Crippen LogP contribution < -0.4 is 0 Å². The summed E-state index contributed by atoms with van der Waals surface area (Å²) in [5.41, 5.74) is 9.36. The maximum atomic E-state index is 5.19. The number of aryl methyl sites for hydroxylation is 1. The van der Waals surface area contributed by atoms with Crippen molar-refractivity contribution in [2.75, 3.05) is 0 Å². The minimum absolute atomic E-state index is 0.675. The van der Waals surface area contributed by atoms with Crippen LogP contribution in [0.5, 0.6) is 0 Å². The van der Waals surface area contributed by atoms with Crippen molar-refractivity contribution < 1.29 is 0 Å². The van der Waals surface area contributed by atoms with Gasteiger partial charge in [-0.2, -0.15) is 0 Å². The quantitative estimate of drug-likeness (QED) is 0.227. The van der Waals surface area contributed by atoms with Crippen LogP contribution in [0, 0.1) is 6.92 Å². The van der Waals surface area contributed by atoms with Crippen LogP contribution in [0.25, 0.3) is 67.1 Å². The van der Waals surface area contributed by atoms with Gasteiger partial charge < -0.3 is 0 Å². The predicted molar refractivity (Wildman–Crippen MR) is 159 cm³/mol. The molecule has 4 aromatic carbocycles. The first-order chi connectivity index (χ1) is 19.2. The molecule has 3 aromatic heterocycles. The second kappa shape index (κ2) is 9.58. The number of hydrogen-bond acceptors (Lipinski definition) is 4. The Morgan fingerprint density at radius 3 is 1.64 bits per heavy atom. The van der Waals surface area contributed by atoms with Crippen molar-refractivity contribution in [3.8, 4) is 45.3 Å². The van der Waals surface area contributed by atoms with Crippen LogP contribution in [0.15, 0.2) is 127 Å². The van der Waals surface area contributed by atoms with Gasteiger partial charge in [-0.3, -0.25) is 0 Å². The molecule has 0 bridgehead atoms. The molecule has 4 heteroatoms. The molecule has 7 rings (SSSR count). The van der Waals surface area contributed by atoms with E-state index >= 15 is 0 Å². The molecule has 0 atom stereocenters. The minimum atomic E-state index is 0.675. The summed E-state index contributed by atoms with van der Waals surface area (Å²) in [4.78, 5) is 20.2. The second-order valence-corrected chi connectivity index (χ2v) is 9.61. The minimum Gasteiger partial charge on any atom is -0.245 e. The molecule has 0 unspecified atom stereocenters. The first-order valence-corrected chi connectivity index (χ1v) is 13.0. The molecule has 0 radical (unpaired) electrons. The van der Waals surface area contributed by atoms with E-state index < -0.39 is 0 Å². The fourth-order valence-electron chi connectivity index (χ4n) is 4.99. The molecule has 0 aliphatic rings. The monoisotopic (exact) mass is 500 g/mol. The first-order valence-electron chi connectivity index (χ1n) is 13.0. The van der Waals surface area contributed by atoms with Gasteiger partial charge >= 0.3 is 0 Å². The zero-order valence-electron chi connectivity index (χ0n) is 21.4. The molecule has 7 aromatic rings. The normalized spacial score (nSPS) is 11.2. The van der Waals surface area contributed by atoms with Crippen molar-refractivity contribution in [3.63, 3.8) is 0 Å². The summed E-state index contributed by atoms with van der Waals surface area (Å²) < 4.78 is 0.